The molecular formula is C30H26F2N2O4S. The molecule has 0 spiro atoms. The van der Waals surface area contributed by atoms with E-state index in [1.54, 1.807) is 54.6 Å². The lowest BCUT2D eigenvalue weighted by atomic mass is 10.0. The van der Waals surface area contributed by atoms with E-state index >= 15 is 0 Å². The highest BCUT2D eigenvalue weighted by Gasteiger charge is 2.16. The van der Waals surface area contributed by atoms with E-state index in [9.17, 15) is 18.4 Å². The maximum Gasteiger partial charge on any atom is 0.387 e. The van der Waals surface area contributed by atoms with Crippen LogP contribution in [0.3, 0.4) is 0 Å². The van der Waals surface area contributed by atoms with Gasteiger partial charge >= 0.3 is 6.61 Å². The predicted octanol–water partition coefficient (Wildman–Crippen LogP) is 7.26. The van der Waals surface area contributed by atoms with Gasteiger partial charge in [-0.1, -0.05) is 42.0 Å². The van der Waals surface area contributed by atoms with E-state index in [1.165, 1.54) is 31.0 Å². The smallest absolute Gasteiger partial charge is 0.387 e. The Morgan fingerprint density at radius 1 is 0.872 bits per heavy atom. The van der Waals surface area contributed by atoms with Crippen LogP contribution >= 0.6 is 11.8 Å². The summed E-state index contributed by atoms with van der Waals surface area (Å²) in [7, 11) is 1.53. The second-order valence-corrected chi connectivity index (χ2v) is 9.49. The van der Waals surface area contributed by atoms with Gasteiger partial charge < -0.3 is 20.1 Å². The summed E-state index contributed by atoms with van der Waals surface area (Å²) >= 11 is 1.24. The first kappa shape index (κ1) is 27.7. The number of nitrogens with one attached hydrogen (secondary N) is 2. The number of aryl methyl sites for hydroxylation is 1. The van der Waals surface area contributed by atoms with Gasteiger partial charge in [-0.05, 0) is 67.1 Å². The van der Waals surface area contributed by atoms with Crippen molar-refractivity contribution in [2.75, 3.05) is 23.5 Å². The molecule has 0 fully saturated rings. The van der Waals surface area contributed by atoms with Crippen LogP contribution in [0, 0.1) is 6.92 Å². The third kappa shape index (κ3) is 7.58. The van der Waals surface area contributed by atoms with E-state index in [0.717, 1.165) is 5.56 Å². The summed E-state index contributed by atoms with van der Waals surface area (Å²) in [5, 5.41) is 5.67. The third-order valence-electron chi connectivity index (χ3n) is 5.68. The van der Waals surface area contributed by atoms with Gasteiger partial charge in [0.1, 0.15) is 11.5 Å². The summed E-state index contributed by atoms with van der Waals surface area (Å²) in [6.07, 6.45) is 0. The van der Waals surface area contributed by atoms with Crippen LogP contribution in [0.4, 0.5) is 20.2 Å². The number of carbonyl (C=O) groups is 2. The highest BCUT2D eigenvalue weighted by molar-refractivity contribution is 8.00. The van der Waals surface area contributed by atoms with E-state index < -0.39 is 12.5 Å². The summed E-state index contributed by atoms with van der Waals surface area (Å²) in [5.41, 5.74) is 3.55. The van der Waals surface area contributed by atoms with Crippen LogP contribution in [0.15, 0.2) is 95.9 Å². The van der Waals surface area contributed by atoms with Gasteiger partial charge in [0.05, 0.1) is 18.4 Å². The van der Waals surface area contributed by atoms with Crippen LogP contribution in [0.2, 0.25) is 0 Å². The molecule has 0 saturated heterocycles. The molecule has 4 aromatic rings. The largest absolute Gasteiger partial charge is 0.497 e. The number of amides is 2. The summed E-state index contributed by atoms with van der Waals surface area (Å²) in [6, 6.07) is 25.7. The van der Waals surface area contributed by atoms with Gasteiger partial charge in [0.15, 0.2) is 0 Å². The molecule has 0 radical (unpaired) electrons. The lowest BCUT2D eigenvalue weighted by molar-refractivity contribution is -0.113. The fourth-order valence-electron chi connectivity index (χ4n) is 3.76. The average molecular weight is 549 g/mol. The monoisotopic (exact) mass is 548 g/mol. The molecule has 4 aromatic carbocycles. The molecule has 0 atom stereocenters. The third-order valence-corrected chi connectivity index (χ3v) is 6.75. The zero-order chi connectivity index (χ0) is 27.8. The Balaban J connectivity index is 1.49. The molecule has 0 bridgehead atoms. The minimum Gasteiger partial charge on any atom is -0.497 e. The molecule has 6 nitrogen and oxygen atoms in total. The fourth-order valence-corrected chi connectivity index (χ4v) is 4.61. The standard InChI is InChI=1S/C30H26F2N2O4S/c1-19-7-11-21(12-8-19)33-28(35)18-39-27-6-4-3-5-24(27)29(36)34-22-13-16-26(38-30(31)32)25(17-22)20-9-14-23(37-2)15-10-20/h3-17,30H,18H2,1-2H3,(H,33,35)(H,34,36). The number of hydrogen-bond acceptors (Lipinski definition) is 5. The molecule has 4 rings (SSSR count). The van der Waals surface area contributed by atoms with Gasteiger partial charge in [0.2, 0.25) is 5.91 Å². The number of halogens is 2. The highest BCUT2D eigenvalue weighted by Crippen LogP contribution is 2.35. The molecule has 0 aliphatic rings. The Labute approximate surface area is 229 Å². The maximum absolute atomic E-state index is 13.2. The molecule has 0 aromatic heterocycles. The predicted molar refractivity (Wildman–Crippen MR) is 150 cm³/mol. The van der Waals surface area contributed by atoms with E-state index in [0.29, 0.717) is 38.7 Å². The molecule has 2 N–H and O–H groups in total. The van der Waals surface area contributed by atoms with Crippen molar-refractivity contribution in [3.8, 4) is 22.6 Å². The summed E-state index contributed by atoms with van der Waals surface area (Å²) in [6.45, 7) is -1.04. The van der Waals surface area contributed by atoms with Crippen LogP contribution in [-0.4, -0.2) is 31.3 Å². The molecule has 0 aliphatic carbocycles. The average Bonchev–Trinajstić information content (AvgIpc) is 2.94. The molecule has 9 heteroatoms. The Hall–Kier alpha value is -4.37. The van der Waals surface area contributed by atoms with Crippen LogP contribution in [0.25, 0.3) is 11.1 Å². The molecule has 200 valence electrons. The molecule has 2 amide bonds. The summed E-state index contributed by atoms with van der Waals surface area (Å²) < 4.78 is 35.9. The van der Waals surface area contributed by atoms with Crippen molar-refractivity contribution in [2.24, 2.45) is 0 Å². The lowest BCUT2D eigenvalue weighted by Gasteiger charge is -2.15. The number of carbonyl (C=O) groups excluding carboxylic acids is 2. The zero-order valence-corrected chi connectivity index (χ0v) is 22.1. The van der Waals surface area contributed by atoms with Gasteiger partial charge in [-0.25, -0.2) is 0 Å². The number of ether oxygens (including phenoxy) is 2. The normalized spacial score (nSPS) is 10.7. The number of benzene rings is 4. The van der Waals surface area contributed by atoms with Crippen molar-refractivity contribution in [3.05, 3.63) is 102 Å². The molecule has 0 unspecified atom stereocenters. The van der Waals surface area contributed by atoms with Crippen molar-refractivity contribution < 1.29 is 27.8 Å². The van der Waals surface area contributed by atoms with Crippen molar-refractivity contribution in [1.29, 1.82) is 0 Å². The SMILES string of the molecule is COc1ccc(-c2cc(NC(=O)c3ccccc3SCC(=O)Nc3ccc(C)cc3)ccc2OC(F)F)cc1. The number of methoxy groups -OCH3 is 1. The number of hydrogen-bond donors (Lipinski definition) is 2. The Morgan fingerprint density at radius 3 is 2.26 bits per heavy atom. The highest BCUT2D eigenvalue weighted by atomic mass is 32.2. The zero-order valence-electron chi connectivity index (χ0n) is 21.2. The molecule has 39 heavy (non-hydrogen) atoms. The van der Waals surface area contributed by atoms with Crippen LogP contribution < -0.4 is 20.1 Å². The number of thioether (sulfide) groups is 1. The van der Waals surface area contributed by atoms with Gasteiger partial charge in [-0.3, -0.25) is 9.59 Å². The first-order valence-corrected chi connectivity index (χ1v) is 12.9. The summed E-state index contributed by atoms with van der Waals surface area (Å²) in [5.74, 6) is 0.0994. The summed E-state index contributed by atoms with van der Waals surface area (Å²) in [4.78, 5) is 26.3. The second-order valence-electron chi connectivity index (χ2n) is 8.47. The Bertz CT molecular complexity index is 1440. The molecule has 0 aliphatic heterocycles. The second kappa shape index (κ2) is 12.9. The van der Waals surface area contributed by atoms with Crippen LogP contribution in [0.5, 0.6) is 11.5 Å². The van der Waals surface area contributed by atoms with Gasteiger partial charge in [-0.15, -0.1) is 11.8 Å². The lowest BCUT2D eigenvalue weighted by Crippen LogP contribution is -2.16. The molecule has 0 saturated carbocycles. The number of anilines is 2. The van der Waals surface area contributed by atoms with Crippen LogP contribution in [-0.2, 0) is 4.79 Å². The van der Waals surface area contributed by atoms with E-state index in [2.05, 4.69) is 10.6 Å². The minimum atomic E-state index is -3.01. The van der Waals surface area contributed by atoms with Gasteiger partial charge in [0, 0.05) is 21.8 Å². The Morgan fingerprint density at radius 2 is 1.56 bits per heavy atom. The van der Waals surface area contributed by atoms with Crippen molar-refractivity contribution in [1.82, 2.24) is 0 Å². The van der Waals surface area contributed by atoms with E-state index in [1.807, 2.05) is 31.2 Å². The first-order chi connectivity index (χ1) is 18.8. The van der Waals surface area contributed by atoms with Crippen molar-refractivity contribution >= 4 is 35.0 Å². The molecular weight excluding hydrogens is 522 g/mol. The minimum absolute atomic E-state index is 0.0243. The molecule has 0 heterocycles. The quantitative estimate of drug-likeness (QED) is 0.204. The van der Waals surface area contributed by atoms with E-state index in [4.69, 9.17) is 9.47 Å². The van der Waals surface area contributed by atoms with Gasteiger partial charge in [-0.2, -0.15) is 8.78 Å². The first-order valence-electron chi connectivity index (χ1n) is 12.0. The topological polar surface area (TPSA) is 76.7 Å². The maximum atomic E-state index is 13.2. The Kier molecular flexibility index (Phi) is 9.17. The van der Waals surface area contributed by atoms with Crippen molar-refractivity contribution in [3.63, 3.8) is 0 Å². The van der Waals surface area contributed by atoms with E-state index in [-0.39, 0.29) is 17.4 Å². The number of rotatable bonds is 10. The number of alkyl halides is 2. The van der Waals surface area contributed by atoms with Crippen molar-refractivity contribution in [2.45, 2.75) is 18.4 Å². The van der Waals surface area contributed by atoms with Gasteiger partial charge in [0.25, 0.3) is 5.91 Å². The fraction of sp³-hybridized carbons (Fsp3) is 0.133. The van der Waals surface area contributed by atoms with Crippen LogP contribution in [0.1, 0.15) is 15.9 Å².